The number of hydrogen-bond donors (Lipinski definition) is 0. The lowest BCUT2D eigenvalue weighted by Crippen LogP contribution is -2.26. The van der Waals surface area contributed by atoms with Crippen LogP contribution in [0, 0.1) is 13.8 Å². The number of anilines is 1. The first-order valence-electron chi connectivity index (χ1n) is 9.62. The van der Waals surface area contributed by atoms with Gasteiger partial charge in [-0.2, -0.15) is 0 Å². The van der Waals surface area contributed by atoms with Crippen LogP contribution in [0.15, 0.2) is 77.7 Å². The Balaban J connectivity index is 1.74. The molecule has 0 N–H and O–H groups in total. The number of ether oxygens (including phenoxy) is 1. The molecule has 0 bridgehead atoms. The molecule has 3 rings (SSSR count). The molecular formula is C24H23NO5S. The van der Waals surface area contributed by atoms with Gasteiger partial charge in [-0.05, 0) is 61.4 Å². The van der Waals surface area contributed by atoms with Crippen LogP contribution in [-0.2, 0) is 14.8 Å². The first-order valence-corrected chi connectivity index (χ1v) is 11.1. The molecule has 0 fully saturated rings. The van der Waals surface area contributed by atoms with E-state index < -0.39 is 22.6 Å². The molecule has 0 amide bonds. The fourth-order valence-electron chi connectivity index (χ4n) is 2.93. The third-order valence-corrected chi connectivity index (χ3v) is 6.79. The molecule has 7 heteroatoms. The van der Waals surface area contributed by atoms with Gasteiger partial charge in [-0.15, -0.1) is 0 Å². The van der Waals surface area contributed by atoms with Crippen molar-refractivity contribution in [2.24, 2.45) is 0 Å². The first-order chi connectivity index (χ1) is 14.7. The fourth-order valence-corrected chi connectivity index (χ4v) is 4.17. The summed E-state index contributed by atoms with van der Waals surface area (Å²) in [6, 6.07) is 19.5. The van der Waals surface area contributed by atoms with Crippen molar-refractivity contribution in [1.29, 1.82) is 0 Å². The van der Waals surface area contributed by atoms with Crippen LogP contribution < -0.4 is 4.31 Å². The highest BCUT2D eigenvalue weighted by atomic mass is 32.2. The normalized spacial score (nSPS) is 11.1. The monoisotopic (exact) mass is 437 g/mol. The van der Waals surface area contributed by atoms with Gasteiger partial charge in [0, 0.05) is 12.6 Å². The second kappa shape index (κ2) is 9.14. The Labute approximate surface area is 182 Å². The van der Waals surface area contributed by atoms with E-state index in [4.69, 9.17) is 4.74 Å². The zero-order chi connectivity index (χ0) is 22.6. The van der Waals surface area contributed by atoms with Crippen molar-refractivity contribution in [2.45, 2.75) is 18.7 Å². The van der Waals surface area contributed by atoms with Crippen LogP contribution in [0.2, 0.25) is 0 Å². The van der Waals surface area contributed by atoms with Gasteiger partial charge in [-0.1, -0.05) is 36.4 Å². The van der Waals surface area contributed by atoms with Gasteiger partial charge in [-0.3, -0.25) is 9.10 Å². The van der Waals surface area contributed by atoms with Gasteiger partial charge in [0.15, 0.2) is 12.4 Å². The van der Waals surface area contributed by atoms with Crippen LogP contribution in [0.5, 0.6) is 0 Å². The molecule has 0 heterocycles. The topological polar surface area (TPSA) is 80.8 Å². The molecule has 0 saturated heterocycles. The quantitative estimate of drug-likeness (QED) is 0.409. The molecule has 0 aliphatic carbocycles. The number of carbonyl (C=O) groups is 2. The maximum atomic E-state index is 12.9. The molecular weight excluding hydrogens is 414 g/mol. The Morgan fingerprint density at radius 2 is 1.55 bits per heavy atom. The Kier molecular flexibility index (Phi) is 6.56. The predicted molar refractivity (Wildman–Crippen MR) is 119 cm³/mol. The molecule has 0 unspecified atom stereocenters. The van der Waals surface area contributed by atoms with Crippen molar-refractivity contribution in [1.82, 2.24) is 0 Å². The molecule has 0 aromatic heterocycles. The van der Waals surface area contributed by atoms with Crippen molar-refractivity contribution >= 4 is 27.5 Å². The minimum Gasteiger partial charge on any atom is -0.454 e. The summed E-state index contributed by atoms with van der Waals surface area (Å²) in [5.74, 6) is -1.10. The molecule has 6 nitrogen and oxygen atoms in total. The van der Waals surface area contributed by atoms with E-state index >= 15 is 0 Å². The van der Waals surface area contributed by atoms with Crippen molar-refractivity contribution in [3.05, 3.63) is 95.1 Å². The van der Waals surface area contributed by atoms with Gasteiger partial charge in [0.2, 0.25) is 0 Å². The highest BCUT2D eigenvalue weighted by molar-refractivity contribution is 7.92. The van der Waals surface area contributed by atoms with Crippen molar-refractivity contribution in [3.8, 4) is 0 Å². The molecule has 0 radical (unpaired) electrons. The van der Waals surface area contributed by atoms with E-state index in [-0.39, 0.29) is 16.2 Å². The highest BCUT2D eigenvalue weighted by Crippen LogP contribution is 2.22. The fraction of sp³-hybridized carbons (Fsp3) is 0.167. The second-order valence-corrected chi connectivity index (χ2v) is 9.10. The lowest BCUT2D eigenvalue weighted by molar-refractivity contribution is 0.0474. The number of rotatable bonds is 7. The van der Waals surface area contributed by atoms with E-state index in [1.165, 1.54) is 31.3 Å². The van der Waals surface area contributed by atoms with Gasteiger partial charge in [0.1, 0.15) is 0 Å². The lowest BCUT2D eigenvalue weighted by atomic mass is 10.0. The largest absolute Gasteiger partial charge is 0.454 e. The SMILES string of the molecule is Cc1ccc(C(=O)COC(=O)c2cccc(S(=O)(=O)N(C)c3ccccc3)c2)cc1C. The van der Waals surface area contributed by atoms with Crippen LogP contribution in [0.1, 0.15) is 31.8 Å². The van der Waals surface area contributed by atoms with E-state index in [1.807, 2.05) is 19.9 Å². The van der Waals surface area contributed by atoms with Crippen LogP contribution in [-0.4, -0.2) is 33.8 Å². The minimum atomic E-state index is -3.87. The average Bonchev–Trinajstić information content (AvgIpc) is 2.79. The minimum absolute atomic E-state index is 0.0474. The number of sulfonamides is 1. The summed E-state index contributed by atoms with van der Waals surface area (Å²) in [6.45, 7) is 3.42. The highest BCUT2D eigenvalue weighted by Gasteiger charge is 2.23. The molecule has 0 aliphatic heterocycles. The third kappa shape index (κ3) is 5.00. The molecule has 3 aromatic rings. The first kappa shape index (κ1) is 22.2. The Morgan fingerprint density at radius 1 is 0.839 bits per heavy atom. The predicted octanol–water partition coefficient (Wildman–Crippen LogP) is 4.17. The molecule has 0 aliphatic rings. The summed E-state index contributed by atoms with van der Waals surface area (Å²) in [5.41, 5.74) is 3.03. The standard InChI is InChI=1S/C24H23NO5S/c1-17-12-13-19(14-18(17)2)23(26)16-30-24(27)20-8-7-11-22(15-20)31(28,29)25(3)21-9-5-4-6-10-21/h4-15H,16H2,1-3H3. The maximum Gasteiger partial charge on any atom is 0.338 e. The van der Waals surface area contributed by atoms with E-state index in [9.17, 15) is 18.0 Å². The number of hydrogen-bond acceptors (Lipinski definition) is 5. The van der Waals surface area contributed by atoms with Crippen LogP contribution in [0.4, 0.5) is 5.69 Å². The third-order valence-electron chi connectivity index (χ3n) is 5.01. The van der Waals surface area contributed by atoms with E-state index in [2.05, 4.69) is 0 Å². The van der Waals surface area contributed by atoms with Crippen LogP contribution in [0.25, 0.3) is 0 Å². The van der Waals surface area contributed by atoms with Crippen LogP contribution >= 0.6 is 0 Å². The Bertz CT molecular complexity index is 1220. The zero-order valence-electron chi connectivity index (χ0n) is 17.5. The number of nitrogens with zero attached hydrogens (tertiary/aromatic N) is 1. The molecule has 0 atom stereocenters. The zero-order valence-corrected chi connectivity index (χ0v) is 18.3. The van der Waals surface area contributed by atoms with E-state index in [0.717, 1.165) is 15.4 Å². The van der Waals surface area contributed by atoms with Gasteiger partial charge in [-0.25, -0.2) is 13.2 Å². The van der Waals surface area contributed by atoms with Gasteiger partial charge < -0.3 is 4.74 Å². The summed E-state index contributed by atoms with van der Waals surface area (Å²) in [7, 11) is -2.43. The maximum absolute atomic E-state index is 12.9. The molecule has 3 aromatic carbocycles. The van der Waals surface area contributed by atoms with Gasteiger partial charge in [0.05, 0.1) is 16.1 Å². The van der Waals surface area contributed by atoms with Crippen molar-refractivity contribution < 1.29 is 22.7 Å². The second-order valence-electron chi connectivity index (χ2n) is 7.13. The van der Waals surface area contributed by atoms with Crippen molar-refractivity contribution in [2.75, 3.05) is 18.0 Å². The summed E-state index contributed by atoms with van der Waals surface area (Å²) in [4.78, 5) is 24.7. The number of aryl methyl sites for hydroxylation is 2. The van der Waals surface area contributed by atoms with Crippen LogP contribution in [0.3, 0.4) is 0 Å². The number of para-hydroxylation sites is 1. The number of carbonyl (C=O) groups excluding carboxylic acids is 2. The molecule has 31 heavy (non-hydrogen) atoms. The summed E-state index contributed by atoms with van der Waals surface area (Å²) in [6.07, 6.45) is 0. The molecule has 160 valence electrons. The lowest BCUT2D eigenvalue weighted by Gasteiger charge is -2.19. The summed E-state index contributed by atoms with van der Waals surface area (Å²) < 4.78 is 32.1. The van der Waals surface area contributed by atoms with E-state index in [0.29, 0.717) is 11.3 Å². The Morgan fingerprint density at radius 3 is 2.23 bits per heavy atom. The smallest absolute Gasteiger partial charge is 0.338 e. The summed E-state index contributed by atoms with van der Waals surface area (Å²) in [5, 5.41) is 0. The molecule has 0 saturated carbocycles. The van der Waals surface area contributed by atoms with E-state index in [1.54, 1.807) is 42.5 Å². The number of Topliss-reactive ketones (excluding diaryl/α,β-unsaturated/α-hetero) is 1. The number of ketones is 1. The van der Waals surface area contributed by atoms with Gasteiger partial charge >= 0.3 is 5.97 Å². The number of benzene rings is 3. The van der Waals surface area contributed by atoms with Crippen molar-refractivity contribution in [3.63, 3.8) is 0 Å². The Hall–Kier alpha value is -3.45. The summed E-state index contributed by atoms with van der Waals surface area (Å²) >= 11 is 0. The number of esters is 1. The van der Waals surface area contributed by atoms with Gasteiger partial charge in [0.25, 0.3) is 10.0 Å². The molecule has 0 spiro atoms. The average molecular weight is 438 g/mol.